The van der Waals surface area contributed by atoms with Crippen LogP contribution in [0.25, 0.3) is 0 Å². The summed E-state index contributed by atoms with van der Waals surface area (Å²) in [5.41, 5.74) is 0.262. The number of amides is 3. The van der Waals surface area contributed by atoms with Gasteiger partial charge in [-0.2, -0.15) is 0 Å². The number of likely N-dealkylation sites (tertiary alicyclic amines) is 1. The van der Waals surface area contributed by atoms with Gasteiger partial charge in [0.1, 0.15) is 11.5 Å². The number of rotatable bonds is 4. The smallest absolute Gasteiger partial charge is 0.317 e. The van der Waals surface area contributed by atoms with Gasteiger partial charge in [-0.05, 0) is 38.8 Å². The molecular formula is C17H25N3O4. The molecule has 1 heterocycles. The summed E-state index contributed by atoms with van der Waals surface area (Å²) in [6.45, 7) is 6.27. The molecule has 0 aromatic heterocycles. The summed E-state index contributed by atoms with van der Waals surface area (Å²) < 4.78 is 0. The molecule has 24 heavy (non-hydrogen) atoms. The Bertz CT molecular complexity index is 573. The van der Waals surface area contributed by atoms with Crippen LogP contribution in [0.15, 0.2) is 18.2 Å². The van der Waals surface area contributed by atoms with E-state index in [0.717, 1.165) is 0 Å². The van der Waals surface area contributed by atoms with Gasteiger partial charge in [0.05, 0.1) is 0 Å². The molecule has 0 bridgehead atoms. The molecule has 0 aliphatic carbocycles. The van der Waals surface area contributed by atoms with Gasteiger partial charge in [-0.15, -0.1) is 0 Å². The molecule has 1 aliphatic heterocycles. The topological polar surface area (TPSA) is 93.1 Å². The third kappa shape index (κ3) is 4.31. The number of nitrogens with one attached hydrogen (secondary N) is 1. The van der Waals surface area contributed by atoms with E-state index in [1.165, 1.54) is 18.2 Å². The molecule has 2 rings (SSSR count). The summed E-state index contributed by atoms with van der Waals surface area (Å²) in [5.74, 6) is -0.505. The maximum Gasteiger partial charge on any atom is 0.317 e. The zero-order valence-electron chi connectivity index (χ0n) is 14.2. The van der Waals surface area contributed by atoms with Crippen molar-refractivity contribution in [1.82, 2.24) is 15.1 Å². The third-order valence-electron chi connectivity index (χ3n) is 4.31. The highest BCUT2D eigenvalue weighted by Gasteiger charge is 2.25. The fraction of sp³-hybridized carbons (Fsp3) is 0.529. The van der Waals surface area contributed by atoms with E-state index in [-0.39, 0.29) is 35.0 Å². The second-order valence-electron chi connectivity index (χ2n) is 5.93. The summed E-state index contributed by atoms with van der Waals surface area (Å²) in [6, 6.07) is 3.86. The van der Waals surface area contributed by atoms with Gasteiger partial charge >= 0.3 is 6.03 Å². The Morgan fingerprint density at radius 2 is 1.67 bits per heavy atom. The highest BCUT2D eigenvalue weighted by atomic mass is 16.3. The molecule has 0 atom stereocenters. The number of phenols is 2. The van der Waals surface area contributed by atoms with Crippen molar-refractivity contribution in [2.24, 2.45) is 0 Å². The first kappa shape index (κ1) is 17.9. The Morgan fingerprint density at radius 3 is 2.17 bits per heavy atom. The number of hydrogen-bond acceptors (Lipinski definition) is 4. The maximum atomic E-state index is 12.4. The molecule has 0 spiro atoms. The van der Waals surface area contributed by atoms with Crippen molar-refractivity contribution in [2.75, 3.05) is 26.2 Å². The number of aromatic hydroxyl groups is 2. The molecule has 7 nitrogen and oxygen atoms in total. The number of nitrogens with zero attached hydrogens (tertiary/aromatic N) is 2. The van der Waals surface area contributed by atoms with E-state index in [1.54, 1.807) is 9.80 Å². The van der Waals surface area contributed by atoms with Crippen LogP contribution in [0.1, 0.15) is 37.0 Å². The van der Waals surface area contributed by atoms with Gasteiger partial charge < -0.3 is 25.3 Å². The summed E-state index contributed by atoms with van der Waals surface area (Å²) in [4.78, 5) is 27.9. The maximum absolute atomic E-state index is 12.4. The van der Waals surface area contributed by atoms with Gasteiger partial charge in [-0.3, -0.25) is 4.79 Å². The van der Waals surface area contributed by atoms with Gasteiger partial charge in [0.15, 0.2) is 0 Å². The lowest BCUT2D eigenvalue weighted by molar-refractivity contribution is 0.0705. The van der Waals surface area contributed by atoms with Gasteiger partial charge in [-0.25, -0.2) is 4.79 Å². The zero-order valence-corrected chi connectivity index (χ0v) is 14.2. The highest BCUT2D eigenvalue weighted by molar-refractivity contribution is 5.95. The summed E-state index contributed by atoms with van der Waals surface area (Å²) in [7, 11) is 0. The molecule has 0 saturated carbocycles. The normalized spacial score (nSPS) is 15.2. The molecule has 0 radical (unpaired) electrons. The molecule has 1 aliphatic rings. The largest absolute Gasteiger partial charge is 0.508 e. The first-order valence-electron chi connectivity index (χ1n) is 8.32. The SMILES string of the molecule is CCN(CC)C(=O)NC1CCN(C(=O)c2cc(O)cc(O)c2)CC1. The van der Waals surface area contributed by atoms with Gasteiger partial charge in [-0.1, -0.05) is 0 Å². The predicted molar refractivity (Wildman–Crippen MR) is 90.1 cm³/mol. The van der Waals surface area contributed by atoms with Crippen LogP contribution >= 0.6 is 0 Å². The molecule has 0 unspecified atom stereocenters. The highest BCUT2D eigenvalue weighted by Crippen LogP contribution is 2.22. The van der Waals surface area contributed by atoms with Crippen molar-refractivity contribution in [1.29, 1.82) is 0 Å². The van der Waals surface area contributed by atoms with Crippen molar-refractivity contribution >= 4 is 11.9 Å². The van der Waals surface area contributed by atoms with E-state index in [2.05, 4.69) is 5.32 Å². The Morgan fingerprint density at radius 1 is 1.12 bits per heavy atom. The fourth-order valence-electron chi connectivity index (χ4n) is 2.90. The van der Waals surface area contributed by atoms with Crippen molar-refractivity contribution in [3.8, 4) is 11.5 Å². The molecule has 1 aromatic carbocycles. The standard InChI is InChI=1S/C17H25N3O4/c1-3-19(4-2)17(24)18-13-5-7-20(8-6-13)16(23)12-9-14(21)11-15(22)10-12/h9-11,13,21-22H,3-8H2,1-2H3,(H,18,24). The molecule has 132 valence electrons. The number of urea groups is 1. The molecule has 1 fully saturated rings. The second kappa shape index (κ2) is 7.90. The fourth-order valence-corrected chi connectivity index (χ4v) is 2.90. The van der Waals surface area contributed by atoms with Crippen LogP contribution in [0.4, 0.5) is 4.79 Å². The number of carbonyl (C=O) groups is 2. The van der Waals surface area contributed by atoms with Crippen LogP contribution in [-0.4, -0.2) is 64.2 Å². The molecule has 1 aromatic rings. The van der Waals surface area contributed by atoms with Gasteiger partial charge in [0.2, 0.25) is 0 Å². The van der Waals surface area contributed by atoms with Crippen molar-refractivity contribution in [3.05, 3.63) is 23.8 Å². The van der Waals surface area contributed by atoms with E-state index in [0.29, 0.717) is 39.0 Å². The minimum Gasteiger partial charge on any atom is -0.508 e. The Hall–Kier alpha value is -2.44. The Labute approximate surface area is 141 Å². The average Bonchev–Trinajstić information content (AvgIpc) is 2.55. The molecular weight excluding hydrogens is 310 g/mol. The van der Waals surface area contributed by atoms with Crippen molar-refractivity contribution in [2.45, 2.75) is 32.7 Å². The quantitative estimate of drug-likeness (QED) is 0.781. The molecule has 1 saturated heterocycles. The van der Waals surface area contributed by atoms with E-state index >= 15 is 0 Å². The van der Waals surface area contributed by atoms with Crippen LogP contribution in [0, 0.1) is 0 Å². The van der Waals surface area contributed by atoms with Crippen molar-refractivity contribution < 1.29 is 19.8 Å². The lowest BCUT2D eigenvalue weighted by Gasteiger charge is -2.33. The van der Waals surface area contributed by atoms with E-state index < -0.39 is 0 Å². The van der Waals surface area contributed by atoms with E-state index in [1.807, 2.05) is 13.8 Å². The van der Waals surface area contributed by atoms with Gasteiger partial charge in [0.25, 0.3) is 5.91 Å². The lowest BCUT2D eigenvalue weighted by atomic mass is 10.0. The minimum atomic E-state index is -0.227. The van der Waals surface area contributed by atoms with E-state index in [4.69, 9.17) is 0 Å². The Kier molecular flexibility index (Phi) is 5.89. The average molecular weight is 335 g/mol. The summed E-state index contributed by atoms with van der Waals surface area (Å²) in [5, 5.41) is 22.0. The predicted octanol–water partition coefficient (Wildman–Crippen LogP) is 1.75. The number of hydrogen-bond donors (Lipinski definition) is 3. The third-order valence-corrected chi connectivity index (χ3v) is 4.31. The first-order chi connectivity index (χ1) is 11.4. The van der Waals surface area contributed by atoms with E-state index in [9.17, 15) is 19.8 Å². The number of benzene rings is 1. The second-order valence-corrected chi connectivity index (χ2v) is 5.93. The minimum absolute atomic E-state index is 0.0553. The van der Waals surface area contributed by atoms with Crippen LogP contribution in [0.3, 0.4) is 0 Å². The summed E-state index contributed by atoms with van der Waals surface area (Å²) >= 11 is 0. The van der Waals surface area contributed by atoms with Gasteiger partial charge in [0, 0.05) is 43.9 Å². The first-order valence-corrected chi connectivity index (χ1v) is 8.32. The molecule has 7 heteroatoms. The zero-order chi connectivity index (χ0) is 17.7. The molecule has 3 N–H and O–H groups in total. The summed E-state index contributed by atoms with van der Waals surface area (Å²) in [6.07, 6.45) is 1.37. The number of phenolic OH excluding ortho intramolecular Hbond substituents is 2. The lowest BCUT2D eigenvalue weighted by Crippen LogP contribution is -2.50. The van der Waals surface area contributed by atoms with Crippen molar-refractivity contribution in [3.63, 3.8) is 0 Å². The van der Waals surface area contributed by atoms with Crippen LogP contribution in [-0.2, 0) is 0 Å². The number of carbonyl (C=O) groups excluding carboxylic acids is 2. The van der Waals surface area contributed by atoms with Crippen LogP contribution in [0.5, 0.6) is 11.5 Å². The Balaban J connectivity index is 1.90. The van der Waals surface area contributed by atoms with Crippen LogP contribution < -0.4 is 5.32 Å². The number of piperidine rings is 1. The van der Waals surface area contributed by atoms with Crippen LogP contribution in [0.2, 0.25) is 0 Å². The monoisotopic (exact) mass is 335 g/mol. The molecule has 3 amide bonds.